The molecule has 5 aromatic rings. The summed E-state index contributed by atoms with van der Waals surface area (Å²) in [5.74, 6) is 0.965. The molecule has 0 spiro atoms. The molecule has 1 unspecified atom stereocenters. The normalized spacial score (nSPS) is 17.5. The van der Waals surface area contributed by atoms with Crippen LogP contribution < -0.4 is 9.47 Å². The van der Waals surface area contributed by atoms with E-state index in [2.05, 4.69) is 11.2 Å². The van der Waals surface area contributed by atoms with Gasteiger partial charge in [0.05, 0.1) is 52.9 Å². The summed E-state index contributed by atoms with van der Waals surface area (Å²) in [5.41, 5.74) is 7.08. The van der Waals surface area contributed by atoms with Crippen LogP contribution in [0.5, 0.6) is 11.5 Å². The number of carbonyl (C=O) groups is 1. The van der Waals surface area contributed by atoms with Crippen molar-refractivity contribution < 1.29 is 24.5 Å². The molecule has 266 valence electrons. The number of nitrogens with one attached hydrogen (secondary N) is 2. The lowest BCUT2D eigenvalue weighted by molar-refractivity contribution is -0.136. The van der Waals surface area contributed by atoms with Gasteiger partial charge in [-0.3, -0.25) is 9.48 Å². The molecule has 0 fully saturated rings. The fourth-order valence-electron chi connectivity index (χ4n) is 6.72. The van der Waals surface area contributed by atoms with Gasteiger partial charge in [0.25, 0.3) is 0 Å². The quantitative estimate of drug-likeness (QED) is 0.137. The first-order chi connectivity index (χ1) is 24.3. The fraction of sp³-hybridized carbons (Fsp3) is 0.375. The second-order valence-electron chi connectivity index (χ2n) is 14.3. The minimum atomic E-state index is -0.893. The summed E-state index contributed by atoms with van der Waals surface area (Å²) in [6.07, 6.45) is 9.46. The summed E-state index contributed by atoms with van der Waals surface area (Å²) in [5, 5.41) is 41.8. The zero-order valence-corrected chi connectivity index (χ0v) is 30.6. The van der Waals surface area contributed by atoms with Crippen molar-refractivity contribution in [2.24, 2.45) is 7.05 Å². The third-order valence-electron chi connectivity index (χ3n) is 9.10. The molecule has 1 atom stereocenters. The Morgan fingerprint density at radius 2 is 1.84 bits per heavy atom. The largest absolute Gasteiger partial charge is 0.493 e. The summed E-state index contributed by atoms with van der Waals surface area (Å²) >= 11 is 1.42. The number of aliphatic hydroxyl groups is 1. The van der Waals surface area contributed by atoms with Crippen LogP contribution in [0, 0.1) is 17.7 Å². The molecule has 4 heterocycles. The molecule has 4 bridgehead atoms. The van der Waals surface area contributed by atoms with Crippen LogP contribution >= 0.6 is 11.3 Å². The van der Waals surface area contributed by atoms with Gasteiger partial charge in [-0.1, -0.05) is 18.9 Å². The molecular weight excluding hydrogens is 663 g/mol. The van der Waals surface area contributed by atoms with E-state index in [0.717, 1.165) is 81.2 Å². The maximum absolute atomic E-state index is 12.1. The molecule has 51 heavy (non-hydrogen) atoms. The third-order valence-corrected chi connectivity index (χ3v) is 10.2. The van der Waals surface area contributed by atoms with Gasteiger partial charge in [0.2, 0.25) is 0 Å². The zero-order valence-electron chi connectivity index (χ0n) is 29.8. The number of thiazole rings is 1. The molecule has 0 radical (unpaired) electrons. The van der Waals surface area contributed by atoms with Crippen LogP contribution in [0.1, 0.15) is 86.1 Å². The smallest absolute Gasteiger partial charge is 0.307 e. The Labute approximate surface area is 301 Å². The lowest BCUT2D eigenvalue weighted by Gasteiger charge is -2.27. The molecular formula is C40H45N5O5S. The highest BCUT2D eigenvalue weighted by molar-refractivity contribution is 7.20. The summed E-state index contributed by atoms with van der Waals surface area (Å²) in [4.78, 5) is 17.0. The number of carboxylic acid groups (broad SMARTS) is 1. The topological polar surface area (TPSA) is 154 Å². The Morgan fingerprint density at radius 1 is 1.08 bits per heavy atom. The molecule has 4 N–H and O–H groups in total. The highest BCUT2D eigenvalue weighted by Gasteiger charge is 2.25. The van der Waals surface area contributed by atoms with Gasteiger partial charge < -0.3 is 30.5 Å². The van der Waals surface area contributed by atoms with Gasteiger partial charge in [0.15, 0.2) is 0 Å². The summed E-state index contributed by atoms with van der Waals surface area (Å²) in [7, 11) is 1.89. The maximum atomic E-state index is 12.1. The number of aryl methyl sites for hydroxylation is 2. The molecule has 0 saturated heterocycles. The highest BCUT2D eigenvalue weighted by atomic mass is 32.1. The molecule has 3 aromatic carbocycles. The molecule has 0 aliphatic carbocycles. The summed E-state index contributed by atoms with van der Waals surface area (Å²) < 4.78 is 15.1. The number of hydrogen-bond donors (Lipinski definition) is 4. The first-order valence-electron chi connectivity index (χ1n) is 17.3. The molecule has 11 heteroatoms. The lowest BCUT2D eigenvalue weighted by Crippen LogP contribution is -2.14. The first kappa shape index (κ1) is 35.9. The number of fused-ring (bicyclic) bond motifs is 5. The van der Waals surface area contributed by atoms with Crippen LogP contribution in [-0.4, -0.2) is 61.7 Å². The van der Waals surface area contributed by atoms with Crippen LogP contribution in [-0.2, 0) is 18.3 Å². The van der Waals surface area contributed by atoms with Crippen molar-refractivity contribution in [1.29, 1.82) is 10.8 Å². The van der Waals surface area contributed by atoms with E-state index in [1.807, 2.05) is 44.3 Å². The van der Waals surface area contributed by atoms with Crippen molar-refractivity contribution in [3.63, 3.8) is 0 Å². The van der Waals surface area contributed by atoms with Gasteiger partial charge in [0.1, 0.15) is 16.5 Å². The average molecular weight is 708 g/mol. The molecule has 10 nitrogen and oxygen atoms in total. The van der Waals surface area contributed by atoms with Crippen molar-refractivity contribution >= 4 is 55.9 Å². The number of ether oxygens (including phenoxy) is 2. The SMILES string of the molecule is CC(C)(C)O.Cc1cc2nc3sc2c(c1CC(=O)O)-c1ccc2c(c1)C(CCCCCOc1cc4c(cnn4C)cc1C(=N)/C=C/3C=N)CCO2. The van der Waals surface area contributed by atoms with Crippen LogP contribution in [0.15, 0.2) is 48.7 Å². The highest BCUT2D eigenvalue weighted by Crippen LogP contribution is 2.44. The van der Waals surface area contributed by atoms with E-state index in [1.165, 1.54) is 23.1 Å². The number of benzene rings is 3. The molecule has 2 aliphatic rings. The number of allylic oxidation sites excluding steroid dienone is 2. The lowest BCUT2D eigenvalue weighted by atomic mass is 9.85. The average Bonchev–Trinajstić information content (AvgIpc) is 3.66. The minimum Gasteiger partial charge on any atom is -0.493 e. The predicted octanol–water partition coefficient (Wildman–Crippen LogP) is 8.48. The van der Waals surface area contributed by atoms with Crippen LogP contribution in [0.4, 0.5) is 0 Å². The van der Waals surface area contributed by atoms with Crippen molar-refractivity contribution in [3.05, 3.63) is 75.9 Å². The molecule has 2 aliphatic heterocycles. The van der Waals surface area contributed by atoms with E-state index >= 15 is 0 Å². The van der Waals surface area contributed by atoms with E-state index in [4.69, 9.17) is 30.4 Å². The molecule has 0 amide bonds. The van der Waals surface area contributed by atoms with E-state index < -0.39 is 11.6 Å². The van der Waals surface area contributed by atoms with Crippen LogP contribution in [0.25, 0.3) is 37.8 Å². The van der Waals surface area contributed by atoms with Gasteiger partial charge in [-0.2, -0.15) is 5.10 Å². The van der Waals surface area contributed by atoms with Crippen molar-refractivity contribution in [3.8, 4) is 22.6 Å². The summed E-state index contributed by atoms with van der Waals surface area (Å²) in [6, 6.07) is 12.0. The fourth-order valence-corrected chi connectivity index (χ4v) is 7.85. The number of hydrogen-bond acceptors (Lipinski definition) is 9. The van der Waals surface area contributed by atoms with Crippen molar-refractivity contribution in [1.82, 2.24) is 14.8 Å². The van der Waals surface area contributed by atoms with E-state index in [0.29, 0.717) is 41.0 Å². The summed E-state index contributed by atoms with van der Waals surface area (Å²) in [6.45, 7) is 8.38. The van der Waals surface area contributed by atoms with Crippen LogP contribution in [0.3, 0.4) is 0 Å². The number of rotatable bonds is 3. The van der Waals surface area contributed by atoms with E-state index in [-0.39, 0.29) is 12.1 Å². The predicted molar refractivity (Wildman–Crippen MR) is 204 cm³/mol. The second kappa shape index (κ2) is 14.8. The van der Waals surface area contributed by atoms with Crippen molar-refractivity contribution in [2.45, 2.75) is 77.7 Å². The number of aromatic nitrogens is 3. The van der Waals surface area contributed by atoms with Gasteiger partial charge in [-0.05, 0) is 105 Å². The zero-order chi connectivity index (χ0) is 36.4. The van der Waals surface area contributed by atoms with Gasteiger partial charge in [0, 0.05) is 41.4 Å². The molecule has 0 saturated carbocycles. The second-order valence-corrected chi connectivity index (χ2v) is 15.3. The first-order valence-corrected chi connectivity index (χ1v) is 18.2. The number of carboxylic acids is 1. The Morgan fingerprint density at radius 3 is 2.59 bits per heavy atom. The standard InChI is InChI=1S/C36H35N5O4S.C4H10O/c1-20-12-29-35-34(25(20)16-33(42)43)22-7-8-31-26(13-22)21(9-11-45-31)6-4-3-5-10-44-32-17-30-24(19-39-41(30)2)14-27(32)28(38)15-23(18-37)36(40-29)46-35;1-4(2,3)5/h7-8,12-15,17-19,21,37-38H,3-6,9-11,16H2,1-2H3,(H,42,43);5H,1-3H3/b23-15+,37-18?,38-28?;. The van der Waals surface area contributed by atoms with Gasteiger partial charge in [-0.15, -0.1) is 11.3 Å². The van der Waals surface area contributed by atoms with Crippen molar-refractivity contribution in [2.75, 3.05) is 13.2 Å². The Bertz CT molecular complexity index is 2170. The van der Waals surface area contributed by atoms with Gasteiger partial charge >= 0.3 is 5.97 Å². The minimum absolute atomic E-state index is 0.112. The van der Waals surface area contributed by atoms with Crippen LogP contribution in [0.2, 0.25) is 0 Å². The van der Waals surface area contributed by atoms with Gasteiger partial charge in [-0.25, -0.2) is 4.98 Å². The molecule has 2 aromatic heterocycles. The van der Waals surface area contributed by atoms with E-state index in [1.54, 1.807) is 37.7 Å². The maximum Gasteiger partial charge on any atom is 0.307 e. The number of aliphatic carboxylic acids is 1. The van der Waals surface area contributed by atoms with E-state index in [9.17, 15) is 9.90 Å². The monoisotopic (exact) mass is 707 g/mol. The third kappa shape index (κ3) is 8.05. The molecule has 7 rings (SSSR count). The Kier molecular flexibility index (Phi) is 10.4. The number of nitrogens with zero attached hydrogens (tertiary/aromatic N) is 3. The Balaban J connectivity index is 0.000000839. The Hall–Kier alpha value is -4.87.